The fourth-order valence-corrected chi connectivity index (χ4v) is 2.16. The molecule has 2 rings (SSSR count). The molecule has 0 spiro atoms. The highest BCUT2D eigenvalue weighted by molar-refractivity contribution is 5.87. The number of rotatable bonds is 3. The minimum absolute atomic E-state index is 0.0829. The smallest absolute Gasteiger partial charge is 0.205 e. The molecule has 4 heteroatoms. The standard InChI is InChI=1S/C12H13NO3/c14-12(15)11-6-2-1-4-9(11)8-10-5-3-7-13(10)16/h1-2,4,6,10H,3,5,7-8H2. The molecule has 1 saturated heterocycles. The number of hydrogen-bond acceptors (Lipinski definition) is 3. The Morgan fingerprint density at radius 3 is 2.81 bits per heavy atom. The van der Waals surface area contributed by atoms with Crippen molar-refractivity contribution >= 4 is 5.97 Å². The molecule has 16 heavy (non-hydrogen) atoms. The Labute approximate surface area is 93.5 Å². The molecule has 0 bridgehead atoms. The topological polar surface area (TPSA) is 60.2 Å². The van der Waals surface area contributed by atoms with Crippen molar-refractivity contribution in [2.24, 2.45) is 0 Å². The van der Waals surface area contributed by atoms with E-state index in [1.54, 1.807) is 18.2 Å². The maximum atomic E-state index is 11.4. The van der Waals surface area contributed by atoms with E-state index in [0.717, 1.165) is 17.6 Å². The maximum Gasteiger partial charge on any atom is 0.205 e. The van der Waals surface area contributed by atoms with Crippen molar-refractivity contribution in [2.75, 3.05) is 6.54 Å². The molecule has 1 atom stereocenters. The molecule has 1 heterocycles. The van der Waals surface area contributed by atoms with Crippen LogP contribution in [0.5, 0.6) is 0 Å². The van der Waals surface area contributed by atoms with Crippen LogP contribution in [0.3, 0.4) is 0 Å². The third kappa shape index (κ3) is 2.10. The third-order valence-electron chi connectivity index (χ3n) is 3.02. The summed E-state index contributed by atoms with van der Waals surface area (Å²) in [4.78, 5) is 22.3. The van der Waals surface area contributed by atoms with E-state index < -0.39 is 5.97 Å². The van der Waals surface area contributed by atoms with Gasteiger partial charge in [0.2, 0.25) is 6.04 Å². The number of carboxylic acid groups (broad SMARTS) is 1. The van der Waals surface area contributed by atoms with Crippen molar-refractivity contribution in [3.05, 3.63) is 40.3 Å². The number of carboxylic acids is 1. The largest absolute Gasteiger partial charge is 0.545 e. The fourth-order valence-electron chi connectivity index (χ4n) is 2.16. The van der Waals surface area contributed by atoms with E-state index >= 15 is 0 Å². The van der Waals surface area contributed by atoms with Crippen molar-refractivity contribution in [1.29, 1.82) is 0 Å². The highest BCUT2D eigenvalue weighted by atomic mass is 16.4. The molecule has 1 fully saturated rings. The number of nitrogens with zero attached hydrogens (tertiary/aromatic N) is 1. The third-order valence-corrected chi connectivity index (χ3v) is 3.02. The number of hydrogen-bond donors (Lipinski definition) is 0. The van der Waals surface area contributed by atoms with Gasteiger partial charge in [-0.1, -0.05) is 24.3 Å². The van der Waals surface area contributed by atoms with Gasteiger partial charge in [0, 0.05) is 34.5 Å². The molecule has 1 aliphatic heterocycles. The molecule has 4 nitrogen and oxygen atoms in total. The number of carbonyl (C=O) groups is 1. The highest BCUT2D eigenvalue weighted by Crippen LogP contribution is 2.18. The normalized spacial score (nSPS) is 20.0. The highest BCUT2D eigenvalue weighted by Gasteiger charge is 2.32. The molecule has 84 valence electrons. The molecule has 0 aromatic heterocycles. The Kier molecular flexibility index (Phi) is 2.99. The van der Waals surface area contributed by atoms with Crippen LogP contribution >= 0.6 is 0 Å². The van der Waals surface area contributed by atoms with Gasteiger partial charge in [-0.25, -0.2) is 0 Å². The van der Waals surface area contributed by atoms with Crippen molar-refractivity contribution in [3.8, 4) is 0 Å². The molecule has 0 amide bonds. The minimum atomic E-state index is -1.17. The average molecular weight is 219 g/mol. The van der Waals surface area contributed by atoms with Crippen molar-refractivity contribution in [2.45, 2.75) is 25.3 Å². The summed E-state index contributed by atoms with van der Waals surface area (Å²) in [5, 5.41) is 10.9. The number of carbonyl (C=O) groups excluding carboxylic acids is 1. The zero-order chi connectivity index (χ0) is 11.5. The summed E-state index contributed by atoms with van der Waals surface area (Å²) in [6.45, 7) is 0.554. The monoisotopic (exact) mass is 219 g/mol. The molecule has 0 N–H and O–H groups in total. The van der Waals surface area contributed by atoms with Gasteiger partial charge in [-0.15, -0.1) is 0 Å². The van der Waals surface area contributed by atoms with E-state index in [2.05, 4.69) is 0 Å². The van der Waals surface area contributed by atoms with Crippen LogP contribution < -0.4 is 5.11 Å². The summed E-state index contributed by atoms with van der Waals surface area (Å²) < 4.78 is 1.05. The van der Waals surface area contributed by atoms with Crippen molar-refractivity contribution in [3.63, 3.8) is 0 Å². The molecule has 0 saturated carbocycles. The predicted octanol–water partition coefficient (Wildman–Crippen LogP) is 0.534. The Morgan fingerprint density at radius 1 is 1.44 bits per heavy atom. The second kappa shape index (κ2) is 4.43. The first-order chi connectivity index (χ1) is 7.68. The van der Waals surface area contributed by atoms with Gasteiger partial charge in [0.05, 0.1) is 5.97 Å². The van der Waals surface area contributed by atoms with Gasteiger partial charge in [-0.2, -0.15) is 0 Å². The van der Waals surface area contributed by atoms with E-state index in [1.807, 2.05) is 0 Å². The van der Waals surface area contributed by atoms with E-state index in [1.165, 1.54) is 6.07 Å². The van der Waals surface area contributed by atoms with Gasteiger partial charge >= 0.3 is 0 Å². The van der Waals surface area contributed by atoms with Crippen molar-refractivity contribution < 1.29 is 14.7 Å². The van der Waals surface area contributed by atoms with Crippen molar-refractivity contribution in [1.82, 2.24) is 0 Å². The average Bonchev–Trinajstić information content (AvgIpc) is 2.65. The van der Waals surface area contributed by atoms with E-state index in [4.69, 9.17) is 0 Å². The second-order valence-corrected chi connectivity index (χ2v) is 4.09. The second-order valence-electron chi connectivity index (χ2n) is 4.09. The van der Waals surface area contributed by atoms with E-state index in [0.29, 0.717) is 18.5 Å². The van der Waals surface area contributed by atoms with Gasteiger partial charge < -0.3 is 9.90 Å². The molecule has 1 aromatic carbocycles. The van der Waals surface area contributed by atoms with Crippen LogP contribution in [0, 0.1) is 4.91 Å². The first-order valence-corrected chi connectivity index (χ1v) is 5.41. The van der Waals surface area contributed by atoms with Gasteiger partial charge in [0.25, 0.3) is 0 Å². The Hall–Kier alpha value is -1.71. The lowest BCUT2D eigenvalue weighted by Gasteiger charge is -2.10. The Morgan fingerprint density at radius 2 is 2.19 bits per heavy atom. The molecular weight excluding hydrogens is 206 g/mol. The summed E-state index contributed by atoms with van der Waals surface area (Å²) in [7, 11) is 0. The fraction of sp³-hybridized carbons (Fsp3) is 0.417. The molecule has 1 aromatic rings. The van der Waals surface area contributed by atoms with Crippen LogP contribution in [0.25, 0.3) is 0 Å². The Balaban J connectivity index is 2.20. The molecule has 0 aliphatic carbocycles. The van der Waals surface area contributed by atoms with Crippen LogP contribution in [-0.2, 0) is 6.42 Å². The molecule has 1 aliphatic rings. The van der Waals surface area contributed by atoms with Crippen LogP contribution in [0.1, 0.15) is 28.8 Å². The molecule has 1 unspecified atom stereocenters. The zero-order valence-electron chi connectivity index (χ0n) is 8.89. The summed E-state index contributed by atoms with van der Waals surface area (Å²) in [6.07, 6.45) is 2.22. The lowest BCUT2D eigenvalue weighted by molar-refractivity contribution is -0.564. The van der Waals surface area contributed by atoms with Gasteiger partial charge in [-0.05, 0) is 5.56 Å². The van der Waals surface area contributed by atoms with Gasteiger partial charge in [0.15, 0.2) is 6.54 Å². The van der Waals surface area contributed by atoms with Crippen LogP contribution in [-0.4, -0.2) is 23.3 Å². The van der Waals surface area contributed by atoms with E-state index in [-0.39, 0.29) is 11.6 Å². The Bertz CT molecular complexity index is 428. The predicted molar refractivity (Wildman–Crippen MR) is 56.0 cm³/mol. The summed E-state index contributed by atoms with van der Waals surface area (Å²) in [5.41, 5.74) is 0.887. The first kappa shape index (κ1) is 10.8. The summed E-state index contributed by atoms with van der Waals surface area (Å²) in [5.74, 6) is -1.17. The maximum absolute atomic E-state index is 11.4. The molecular formula is C12H13NO3. The van der Waals surface area contributed by atoms with Crippen LogP contribution in [0.15, 0.2) is 24.3 Å². The lowest BCUT2D eigenvalue weighted by atomic mass is 9.99. The van der Waals surface area contributed by atoms with Crippen LogP contribution in [0.2, 0.25) is 0 Å². The SMILES string of the molecule is O=C([O-])c1ccccc1CC1CCC[N+]1=O. The lowest BCUT2D eigenvalue weighted by Crippen LogP contribution is -2.26. The zero-order valence-corrected chi connectivity index (χ0v) is 8.89. The summed E-state index contributed by atoms with van der Waals surface area (Å²) >= 11 is 0. The molecule has 0 radical (unpaired) electrons. The number of nitroso groups, excluding NO2 is 1. The van der Waals surface area contributed by atoms with Gasteiger partial charge in [0.1, 0.15) is 0 Å². The first-order valence-electron chi connectivity index (χ1n) is 5.41. The number of benzene rings is 1. The summed E-state index contributed by atoms with van der Waals surface area (Å²) in [6, 6.07) is 6.64. The number of aromatic carboxylic acids is 1. The van der Waals surface area contributed by atoms with Gasteiger partial charge in [-0.3, -0.25) is 0 Å². The quantitative estimate of drug-likeness (QED) is 0.697. The minimum Gasteiger partial charge on any atom is -0.545 e. The van der Waals surface area contributed by atoms with E-state index in [9.17, 15) is 14.8 Å². The van der Waals surface area contributed by atoms with Crippen LogP contribution in [0.4, 0.5) is 0 Å².